The van der Waals surface area contributed by atoms with Crippen molar-refractivity contribution in [2.45, 2.75) is 39.3 Å². The fourth-order valence-corrected chi connectivity index (χ4v) is 1.92. The van der Waals surface area contributed by atoms with Gasteiger partial charge in [-0.05, 0) is 45.9 Å². The Morgan fingerprint density at radius 2 is 1.91 bits per heavy atom. The Bertz CT molecular complexity index is 555. The Balaban J connectivity index is 2.61. The standard InChI is InChI=1S/C15H22ClN3O3/c1-9(13(20)18-14(21)19-15(2,3)4)17-10-6-7-12(22-5)11(16)8-10/h6-9,17H,1-5H3,(H2,18,19,20,21). The Hall–Kier alpha value is -1.95. The molecule has 0 aliphatic rings. The summed E-state index contributed by atoms with van der Waals surface area (Å²) in [6, 6.07) is 3.96. The first-order valence-electron chi connectivity index (χ1n) is 6.85. The van der Waals surface area contributed by atoms with Gasteiger partial charge in [-0.15, -0.1) is 0 Å². The number of rotatable bonds is 4. The molecule has 0 aliphatic carbocycles. The molecule has 1 rings (SSSR count). The van der Waals surface area contributed by atoms with Gasteiger partial charge in [0.25, 0.3) is 0 Å². The van der Waals surface area contributed by atoms with E-state index in [1.807, 2.05) is 20.8 Å². The first kappa shape index (κ1) is 18.1. The molecule has 0 heterocycles. The van der Waals surface area contributed by atoms with Crippen LogP contribution in [0.1, 0.15) is 27.7 Å². The third kappa shape index (κ3) is 5.81. The first-order valence-corrected chi connectivity index (χ1v) is 7.23. The van der Waals surface area contributed by atoms with Crippen LogP contribution in [0.4, 0.5) is 10.5 Å². The summed E-state index contributed by atoms with van der Waals surface area (Å²) >= 11 is 6.02. The number of carbonyl (C=O) groups excluding carboxylic acids is 2. The van der Waals surface area contributed by atoms with Crippen LogP contribution in [0, 0.1) is 0 Å². The van der Waals surface area contributed by atoms with E-state index in [1.54, 1.807) is 25.1 Å². The highest BCUT2D eigenvalue weighted by atomic mass is 35.5. The Morgan fingerprint density at radius 1 is 1.27 bits per heavy atom. The van der Waals surface area contributed by atoms with Gasteiger partial charge in [-0.2, -0.15) is 0 Å². The number of hydrogen-bond donors (Lipinski definition) is 3. The van der Waals surface area contributed by atoms with Crippen molar-refractivity contribution in [2.75, 3.05) is 12.4 Å². The van der Waals surface area contributed by atoms with Crippen LogP contribution in [-0.2, 0) is 4.79 Å². The summed E-state index contributed by atoms with van der Waals surface area (Å²) in [5, 5.41) is 8.35. The summed E-state index contributed by atoms with van der Waals surface area (Å²) < 4.78 is 5.06. The van der Waals surface area contributed by atoms with E-state index < -0.39 is 23.5 Å². The second-order valence-corrected chi connectivity index (χ2v) is 6.32. The number of ether oxygens (including phenoxy) is 1. The van der Waals surface area contributed by atoms with Crippen molar-refractivity contribution in [3.05, 3.63) is 23.2 Å². The topological polar surface area (TPSA) is 79.5 Å². The quantitative estimate of drug-likeness (QED) is 0.794. The van der Waals surface area contributed by atoms with Crippen LogP contribution in [0.2, 0.25) is 5.02 Å². The van der Waals surface area contributed by atoms with Crippen LogP contribution < -0.4 is 20.7 Å². The molecule has 0 radical (unpaired) electrons. The van der Waals surface area contributed by atoms with E-state index in [9.17, 15) is 9.59 Å². The first-order chi connectivity index (χ1) is 10.1. The van der Waals surface area contributed by atoms with E-state index in [1.165, 1.54) is 7.11 Å². The number of halogens is 1. The molecule has 1 aromatic rings. The maximum Gasteiger partial charge on any atom is 0.321 e. The second-order valence-electron chi connectivity index (χ2n) is 5.91. The zero-order valence-electron chi connectivity index (χ0n) is 13.4. The Labute approximate surface area is 135 Å². The number of nitrogens with one attached hydrogen (secondary N) is 3. The maximum atomic E-state index is 12.0. The van der Waals surface area contributed by atoms with Crippen molar-refractivity contribution in [3.63, 3.8) is 0 Å². The van der Waals surface area contributed by atoms with Crippen molar-refractivity contribution in [2.24, 2.45) is 0 Å². The predicted molar refractivity (Wildman–Crippen MR) is 87.5 cm³/mol. The molecule has 0 spiro atoms. The van der Waals surface area contributed by atoms with Gasteiger partial charge in [0.05, 0.1) is 12.1 Å². The lowest BCUT2D eigenvalue weighted by Gasteiger charge is -2.21. The number of hydrogen-bond acceptors (Lipinski definition) is 4. The highest BCUT2D eigenvalue weighted by Crippen LogP contribution is 2.27. The molecule has 0 fully saturated rings. The summed E-state index contributed by atoms with van der Waals surface area (Å²) in [6.07, 6.45) is 0. The minimum atomic E-state index is -0.602. The van der Waals surface area contributed by atoms with Gasteiger partial charge in [0, 0.05) is 11.2 Å². The second kappa shape index (κ2) is 7.35. The van der Waals surface area contributed by atoms with E-state index in [2.05, 4.69) is 16.0 Å². The van der Waals surface area contributed by atoms with Crippen molar-refractivity contribution < 1.29 is 14.3 Å². The fourth-order valence-electron chi connectivity index (χ4n) is 1.66. The minimum Gasteiger partial charge on any atom is -0.495 e. The van der Waals surface area contributed by atoms with Crippen LogP contribution in [-0.4, -0.2) is 30.6 Å². The molecule has 0 saturated carbocycles. The average molecular weight is 328 g/mol. The van der Waals surface area contributed by atoms with Crippen LogP contribution >= 0.6 is 11.6 Å². The molecule has 122 valence electrons. The lowest BCUT2D eigenvalue weighted by atomic mass is 10.1. The molecule has 3 N–H and O–H groups in total. The van der Waals surface area contributed by atoms with Gasteiger partial charge in [-0.3, -0.25) is 10.1 Å². The zero-order valence-corrected chi connectivity index (χ0v) is 14.2. The van der Waals surface area contributed by atoms with Crippen LogP contribution in [0.5, 0.6) is 5.75 Å². The van der Waals surface area contributed by atoms with Gasteiger partial charge in [-0.1, -0.05) is 11.6 Å². The van der Waals surface area contributed by atoms with Crippen LogP contribution in [0.25, 0.3) is 0 Å². The average Bonchev–Trinajstić information content (AvgIpc) is 2.36. The van der Waals surface area contributed by atoms with Gasteiger partial charge in [-0.25, -0.2) is 4.79 Å². The molecular formula is C15H22ClN3O3. The van der Waals surface area contributed by atoms with Crippen molar-refractivity contribution in [1.29, 1.82) is 0 Å². The summed E-state index contributed by atoms with van der Waals surface area (Å²) in [5.74, 6) is 0.113. The van der Waals surface area contributed by atoms with Gasteiger partial charge in [0.15, 0.2) is 0 Å². The molecule has 6 nitrogen and oxygen atoms in total. The van der Waals surface area contributed by atoms with E-state index in [4.69, 9.17) is 16.3 Å². The summed E-state index contributed by atoms with van der Waals surface area (Å²) in [5.41, 5.74) is 0.245. The molecule has 0 saturated heterocycles. The summed E-state index contributed by atoms with van der Waals surface area (Å²) in [6.45, 7) is 7.14. The summed E-state index contributed by atoms with van der Waals surface area (Å²) in [7, 11) is 1.53. The van der Waals surface area contributed by atoms with Gasteiger partial charge in [0.1, 0.15) is 11.8 Å². The normalized spacial score (nSPS) is 12.3. The van der Waals surface area contributed by atoms with E-state index >= 15 is 0 Å². The number of methoxy groups -OCH3 is 1. The number of amides is 3. The highest BCUT2D eigenvalue weighted by Gasteiger charge is 2.19. The minimum absolute atomic E-state index is 0.412. The largest absolute Gasteiger partial charge is 0.495 e. The maximum absolute atomic E-state index is 12.0. The molecule has 7 heteroatoms. The van der Waals surface area contributed by atoms with Crippen molar-refractivity contribution in [1.82, 2.24) is 10.6 Å². The zero-order chi connectivity index (χ0) is 16.9. The van der Waals surface area contributed by atoms with E-state index in [-0.39, 0.29) is 0 Å². The van der Waals surface area contributed by atoms with E-state index in [0.717, 1.165) is 0 Å². The van der Waals surface area contributed by atoms with Crippen LogP contribution in [0.15, 0.2) is 18.2 Å². The molecule has 1 atom stereocenters. The molecule has 1 aromatic carbocycles. The summed E-state index contributed by atoms with van der Waals surface area (Å²) in [4.78, 5) is 23.6. The fraction of sp³-hybridized carbons (Fsp3) is 0.467. The van der Waals surface area contributed by atoms with Gasteiger partial charge < -0.3 is 15.4 Å². The van der Waals surface area contributed by atoms with Crippen molar-refractivity contribution in [3.8, 4) is 5.75 Å². The third-order valence-electron chi connectivity index (χ3n) is 2.65. The lowest BCUT2D eigenvalue weighted by molar-refractivity contribution is -0.120. The molecular weight excluding hydrogens is 306 g/mol. The number of urea groups is 1. The number of anilines is 1. The van der Waals surface area contributed by atoms with Crippen LogP contribution in [0.3, 0.4) is 0 Å². The lowest BCUT2D eigenvalue weighted by Crippen LogP contribution is -2.51. The number of benzene rings is 1. The highest BCUT2D eigenvalue weighted by molar-refractivity contribution is 6.32. The molecule has 22 heavy (non-hydrogen) atoms. The molecule has 3 amide bonds. The number of carbonyl (C=O) groups is 2. The van der Waals surface area contributed by atoms with E-state index in [0.29, 0.717) is 16.5 Å². The monoisotopic (exact) mass is 327 g/mol. The Kier molecular flexibility index (Phi) is 6.05. The van der Waals surface area contributed by atoms with Gasteiger partial charge >= 0.3 is 6.03 Å². The number of imide groups is 1. The molecule has 0 bridgehead atoms. The van der Waals surface area contributed by atoms with Crippen molar-refractivity contribution >= 4 is 29.2 Å². The molecule has 0 aliphatic heterocycles. The third-order valence-corrected chi connectivity index (χ3v) is 2.95. The smallest absolute Gasteiger partial charge is 0.321 e. The van der Waals surface area contributed by atoms with Gasteiger partial charge in [0.2, 0.25) is 5.91 Å². The molecule has 0 aromatic heterocycles. The SMILES string of the molecule is COc1ccc(NC(C)C(=O)NC(=O)NC(C)(C)C)cc1Cl. The molecule has 1 unspecified atom stereocenters. The predicted octanol–water partition coefficient (Wildman–Crippen LogP) is 2.77. The Morgan fingerprint density at radius 3 is 2.41 bits per heavy atom.